The Balaban J connectivity index is 1.87. The molecule has 0 saturated heterocycles. The van der Waals surface area contributed by atoms with Crippen molar-refractivity contribution in [3.63, 3.8) is 0 Å². The Morgan fingerprint density at radius 3 is 2.30 bits per heavy atom. The Hall–Kier alpha value is -2.78. The number of nitrogens with zero attached hydrogens (tertiary/aromatic N) is 1. The first-order valence-electron chi connectivity index (χ1n) is 8.30. The van der Waals surface area contributed by atoms with Gasteiger partial charge in [0.25, 0.3) is 5.69 Å². The van der Waals surface area contributed by atoms with Gasteiger partial charge in [0.05, 0.1) is 15.2 Å². The number of nitro groups is 1. The van der Waals surface area contributed by atoms with Crippen molar-refractivity contribution in [2.24, 2.45) is 0 Å². The van der Waals surface area contributed by atoms with E-state index >= 15 is 0 Å². The van der Waals surface area contributed by atoms with Crippen LogP contribution >= 0.6 is 0 Å². The number of sulfonamides is 1. The third kappa shape index (κ3) is 3.56. The maximum atomic E-state index is 12.9. The van der Waals surface area contributed by atoms with Crippen LogP contribution < -0.4 is 10.0 Å². The van der Waals surface area contributed by atoms with Crippen LogP contribution in [-0.2, 0) is 20.2 Å². The molecule has 0 spiro atoms. The lowest BCUT2D eigenvalue weighted by Gasteiger charge is -2.17. The molecule has 9 heteroatoms. The van der Waals surface area contributed by atoms with Gasteiger partial charge < -0.3 is 5.32 Å². The van der Waals surface area contributed by atoms with Crippen LogP contribution in [0.15, 0.2) is 47.4 Å². The van der Waals surface area contributed by atoms with E-state index in [1.54, 1.807) is 25.1 Å². The topological polar surface area (TPSA) is 118 Å². The molecule has 0 bridgehead atoms. The van der Waals surface area contributed by atoms with E-state index in [1.807, 2.05) is 0 Å². The lowest BCUT2D eigenvalue weighted by molar-refractivity contribution is -0.384. The van der Waals surface area contributed by atoms with Gasteiger partial charge in [-0.15, -0.1) is 0 Å². The van der Waals surface area contributed by atoms with Gasteiger partial charge in [0.1, 0.15) is 0 Å². The average molecular weight is 389 g/mol. The standard InChI is InChI=1S/C18H19N3O5S/c1-12-3-8-15(27(25,26)19-2)11-16(12)20-17(22)18(9-10-18)13-4-6-14(7-5-13)21(23)24/h3-8,11,19H,9-10H2,1-2H3,(H,20,22). The van der Waals surface area contributed by atoms with Crippen molar-refractivity contribution >= 4 is 27.3 Å². The predicted molar refractivity (Wildman–Crippen MR) is 100 cm³/mol. The molecule has 3 rings (SSSR count). The van der Waals surface area contributed by atoms with Gasteiger partial charge >= 0.3 is 0 Å². The predicted octanol–water partition coefficient (Wildman–Crippen LogP) is 2.48. The summed E-state index contributed by atoms with van der Waals surface area (Å²) in [7, 11) is -2.30. The zero-order valence-electron chi connectivity index (χ0n) is 14.9. The molecule has 2 aromatic rings. The fourth-order valence-corrected chi connectivity index (χ4v) is 3.69. The number of benzene rings is 2. The lowest BCUT2D eigenvalue weighted by atomic mass is 9.94. The van der Waals surface area contributed by atoms with E-state index in [2.05, 4.69) is 10.0 Å². The van der Waals surface area contributed by atoms with E-state index in [9.17, 15) is 23.3 Å². The van der Waals surface area contributed by atoms with Crippen LogP contribution in [0.4, 0.5) is 11.4 Å². The van der Waals surface area contributed by atoms with Crippen molar-refractivity contribution in [1.29, 1.82) is 0 Å². The van der Waals surface area contributed by atoms with Crippen molar-refractivity contribution in [1.82, 2.24) is 4.72 Å². The number of nitrogens with one attached hydrogen (secondary N) is 2. The Bertz CT molecular complexity index is 1010. The van der Waals surface area contributed by atoms with Crippen LogP contribution in [0.5, 0.6) is 0 Å². The molecule has 0 atom stereocenters. The first kappa shape index (κ1) is 19.0. The zero-order chi connectivity index (χ0) is 19.8. The third-order valence-corrected chi connectivity index (χ3v) is 6.26. The SMILES string of the molecule is CNS(=O)(=O)c1ccc(C)c(NC(=O)C2(c3ccc([N+](=O)[O-])cc3)CC2)c1. The Kier molecular flexibility index (Phi) is 4.75. The number of rotatable bonds is 6. The number of nitro benzene ring substituents is 1. The van der Waals surface area contributed by atoms with E-state index < -0.39 is 20.4 Å². The maximum absolute atomic E-state index is 12.9. The second kappa shape index (κ2) is 6.75. The highest BCUT2D eigenvalue weighted by Crippen LogP contribution is 2.49. The summed E-state index contributed by atoms with van der Waals surface area (Å²) in [6.45, 7) is 1.77. The molecule has 1 aliphatic carbocycles. The molecule has 1 amide bonds. The van der Waals surface area contributed by atoms with Gasteiger partial charge in [-0.3, -0.25) is 14.9 Å². The first-order chi connectivity index (χ1) is 12.7. The second-order valence-electron chi connectivity index (χ2n) is 6.52. The Morgan fingerprint density at radius 2 is 1.78 bits per heavy atom. The maximum Gasteiger partial charge on any atom is 0.269 e. The minimum atomic E-state index is -3.62. The Morgan fingerprint density at radius 1 is 1.15 bits per heavy atom. The first-order valence-corrected chi connectivity index (χ1v) is 9.78. The molecule has 1 saturated carbocycles. The van der Waals surface area contributed by atoms with Gasteiger partial charge in [0.2, 0.25) is 15.9 Å². The van der Waals surface area contributed by atoms with Crippen LogP contribution in [0.25, 0.3) is 0 Å². The highest BCUT2D eigenvalue weighted by Gasteiger charge is 2.51. The molecule has 0 aliphatic heterocycles. The van der Waals surface area contributed by atoms with Gasteiger partial charge in [-0.05, 0) is 50.1 Å². The summed E-state index contributed by atoms with van der Waals surface area (Å²) >= 11 is 0. The van der Waals surface area contributed by atoms with Crippen LogP contribution in [0.2, 0.25) is 0 Å². The van der Waals surface area contributed by atoms with Crippen molar-refractivity contribution in [3.8, 4) is 0 Å². The van der Waals surface area contributed by atoms with E-state index in [0.717, 1.165) is 5.56 Å². The summed E-state index contributed by atoms with van der Waals surface area (Å²) in [6, 6.07) is 10.5. The summed E-state index contributed by atoms with van der Waals surface area (Å²) in [5, 5.41) is 13.6. The average Bonchev–Trinajstić information content (AvgIpc) is 3.45. The number of amides is 1. The molecule has 2 aromatic carbocycles. The molecule has 0 heterocycles. The molecule has 27 heavy (non-hydrogen) atoms. The van der Waals surface area contributed by atoms with Crippen molar-refractivity contribution in [2.75, 3.05) is 12.4 Å². The largest absolute Gasteiger partial charge is 0.325 e. The molecule has 8 nitrogen and oxygen atoms in total. The van der Waals surface area contributed by atoms with Crippen LogP contribution in [0, 0.1) is 17.0 Å². The highest BCUT2D eigenvalue weighted by atomic mass is 32.2. The number of non-ortho nitro benzene ring substituents is 1. The summed E-state index contributed by atoms with van der Waals surface area (Å²) in [6.07, 6.45) is 1.26. The van der Waals surface area contributed by atoms with Crippen molar-refractivity contribution in [3.05, 3.63) is 63.7 Å². The number of carbonyl (C=O) groups is 1. The number of hydrogen-bond acceptors (Lipinski definition) is 5. The number of carbonyl (C=O) groups excluding carboxylic acids is 1. The molecule has 0 radical (unpaired) electrons. The van der Waals surface area contributed by atoms with Gasteiger partial charge in [0.15, 0.2) is 0 Å². The second-order valence-corrected chi connectivity index (χ2v) is 8.41. The van der Waals surface area contributed by atoms with E-state index in [4.69, 9.17) is 0 Å². The van der Waals surface area contributed by atoms with E-state index in [-0.39, 0.29) is 16.5 Å². The van der Waals surface area contributed by atoms with Gasteiger partial charge in [-0.2, -0.15) is 0 Å². The zero-order valence-corrected chi connectivity index (χ0v) is 15.7. The molecule has 1 fully saturated rings. The smallest absolute Gasteiger partial charge is 0.269 e. The number of aryl methyl sites for hydroxylation is 1. The molecule has 142 valence electrons. The van der Waals surface area contributed by atoms with Crippen molar-refractivity contribution < 1.29 is 18.1 Å². The molecule has 2 N–H and O–H groups in total. The third-order valence-electron chi connectivity index (χ3n) is 4.85. The number of hydrogen-bond donors (Lipinski definition) is 2. The monoisotopic (exact) mass is 389 g/mol. The van der Waals surface area contributed by atoms with Gasteiger partial charge in [0, 0.05) is 17.8 Å². The molecule has 0 aromatic heterocycles. The van der Waals surface area contributed by atoms with Crippen LogP contribution in [0.3, 0.4) is 0 Å². The summed E-state index contributed by atoms with van der Waals surface area (Å²) in [4.78, 5) is 23.3. The minimum Gasteiger partial charge on any atom is -0.325 e. The fourth-order valence-electron chi connectivity index (χ4n) is 2.94. The van der Waals surface area contributed by atoms with Gasteiger partial charge in [-0.1, -0.05) is 18.2 Å². The minimum absolute atomic E-state index is 0.0317. The highest BCUT2D eigenvalue weighted by molar-refractivity contribution is 7.89. The molecule has 1 aliphatic rings. The summed E-state index contributed by atoms with van der Waals surface area (Å²) in [5.41, 5.74) is 1.10. The molecule has 0 unspecified atom stereocenters. The lowest BCUT2D eigenvalue weighted by Crippen LogP contribution is -2.28. The normalized spacial score (nSPS) is 15.2. The van der Waals surface area contributed by atoms with Crippen LogP contribution in [0.1, 0.15) is 24.0 Å². The summed E-state index contributed by atoms with van der Waals surface area (Å²) in [5.74, 6) is -0.251. The molecular formula is C18H19N3O5S. The summed E-state index contributed by atoms with van der Waals surface area (Å²) < 4.78 is 26.2. The van der Waals surface area contributed by atoms with E-state index in [0.29, 0.717) is 24.1 Å². The quantitative estimate of drug-likeness (QED) is 0.581. The fraction of sp³-hybridized carbons (Fsp3) is 0.278. The molecular weight excluding hydrogens is 370 g/mol. The van der Waals surface area contributed by atoms with Gasteiger partial charge in [-0.25, -0.2) is 13.1 Å². The Labute approximate surface area is 156 Å². The van der Waals surface area contributed by atoms with Crippen LogP contribution in [-0.4, -0.2) is 26.3 Å². The van der Waals surface area contributed by atoms with Crippen molar-refractivity contribution in [2.45, 2.75) is 30.1 Å². The number of anilines is 1. The van der Waals surface area contributed by atoms with E-state index in [1.165, 1.54) is 31.3 Å².